The van der Waals surface area contributed by atoms with Crippen LogP contribution in [0.3, 0.4) is 0 Å². The Balaban J connectivity index is 3.74. The summed E-state index contributed by atoms with van der Waals surface area (Å²) in [6.07, 6.45) is -0.912. The maximum Gasteiger partial charge on any atom is 0.249 e. The molecule has 0 spiro atoms. The molecule has 0 aromatic carbocycles. The van der Waals surface area contributed by atoms with Gasteiger partial charge in [-0.2, -0.15) is 0 Å². The number of aliphatic hydroxyl groups excluding tert-OH is 2. The summed E-state index contributed by atoms with van der Waals surface area (Å²) < 4.78 is 0. The lowest BCUT2D eigenvalue weighted by Gasteiger charge is -2.15. The molecule has 3 N–H and O–H groups in total. The highest BCUT2D eigenvalue weighted by molar-refractivity contribution is 5.80. The summed E-state index contributed by atoms with van der Waals surface area (Å²) in [7, 11) is 0. The zero-order valence-electron chi connectivity index (χ0n) is 8.45. The van der Waals surface area contributed by atoms with Crippen molar-refractivity contribution in [2.45, 2.75) is 39.4 Å². The number of hydrogen-bond donors (Lipinski definition) is 3. The molecule has 0 aromatic rings. The second-order valence-electron chi connectivity index (χ2n) is 3.50. The van der Waals surface area contributed by atoms with Gasteiger partial charge in [-0.3, -0.25) is 4.79 Å². The molecular formula is C9H19NO3. The van der Waals surface area contributed by atoms with Gasteiger partial charge in [-0.15, -0.1) is 0 Å². The molecule has 2 atom stereocenters. The Hall–Kier alpha value is -0.610. The topological polar surface area (TPSA) is 69.6 Å². The lowest BCUT2D eigenvalue weighted by atomic mass is 10.1. The fraction of sp³-hybridized carbons (Fsp3) is 0.889. The SMILES string of the molecule is CC[C@@H](O)CNC(=O)[C@@H](O)C(C)C. The maximum absolute atomic E-state index is 11.1. The van der Waals surface area contributed by atoms with Gasteiger partial charge in [0.15, 0.2) is 0 Å². The second kappa shape index (κ2) is 5.94. The average Bonchev–Trinajstić information content (AvgIpc) is 2.11. The van der Waals surface area contributed by atoms with Crippen LogP contribution in [-0.2, 0) is 4.79 Å². The van der Waals surface area contributed by atoms with Crippen LogP contribution in [-0.4, -0.2) is 34.9 Å². The number of amides is 1. The molecule has 0 radical (unpaired) electrons. The smallest absolute Gasteiger partial charge is 0.249 e. The highest BCUT2D eigenvalue weighted by Gasteiger charge is 2.18. The number of aliphatic hydroxyl groups is 2. The van der Waals surface area contributed by atoms with Crippen LogP contribution < -0.4 is 5.32 Å². The van der Waals surface area contributed by atoms with Gasteiger partial charge in [-0.05, 0) is 12.3 Å². The van der Waals surface area contributed by atoms with Gasteiger partial charge in [0.1, 0.15) is 6.10 Å². The third-order valence-electron chi connectivity index (χ3n) is 1.88. The molecule has 0 rings (SSSR count). The summed E-state index contributed by atoms with van der Waals surface area (Å²) >= 11 is 0. The van der Waals surface area contributed by atoms with Crippen LogP contribution >= 0.6 is 0 Å². The molecule has 13 heavy (non-hydrogen) atoms. The molecule has 0 saturated carbocycles. The lowest BCUT2D eigenvalue weighted by molar-refractivity contribution is -0.131. The Morgan fingerprint density at radius 3 is 2.31 bits per heavy atom. The van der Waals surface area contributed by atoms with Gasteiger partial charge in [0.2, 0.25) is 5.91 Å². The van der Waals surface area contributed by atoms with Crippen LogP contribution in [0, 0.1) is 5.92 Å². The van der Waals surface area contributed by atoms with Crippen LogP contribution in [0.4, 0.5) is 0 Å². The van der Waals surface area contributed by atoms with Crippen molar-refractivity contribution in [2.24, 2.45) is 5.92 Å². The number of carbonyl (C=O) groups is 1. The van der Waals surface area contributed by atoms with E-state index in [2.05, 4.69) is 5.32 Å². The molecule has 0 saturated heterocycles. The molecule has 0 aliphatic carbocycles. The van der Waals surface area contributed by atoms with Crippen molar-refractivity contribution < 1.29 is 15.0 Å². The highest BCUT2D eigenvalue weighted by Crippen LogP contribution is 2.00. The number of hydrogen-bond acceptors (Lipinski definition) is 3. The lowest BCUT2D eigenvalue weighted by Crippen LogP contribution is -2.41. The molecular weight excluding hydrogens is 170 g/mol. The van der Waals surface area contributed by atoms with Gasteiger partial charge in [-0.1, -0.05) is 20.8 Å². The molecule has 4 nitrogen and oxygen atoms in total. The molecule has 0 aliphatic rings. The third-order valence-corrected chi connectivity index (χ3v) is 1.88. The second-order valence-corrected chi connectivity index (χ2v) is 3.50. The zero-order chi connectivity index (χ0) is 10.4. The monoisotopic (exact) mass is 189 g/mol. The third kappa shape index (κ3) is 4.85. The molecule has 0 bridgehead atoms. The quantitative estimate of drug-likeness (QED) is 0.565. The van der Waals surface area contributed by atoms with Crippen molar-refractivity contribution in [1.82, 2.24) is 5.32 Å². The first-order valence-corrected chi connectivity index (χ1v) is 4.62. The van der Waals surface area contributed by atoms with Crippen molar-refractivity contribution >= 4 is 5.91 Å². The van der Waals surface area contributed by atoms with E-state index in [1.54, 1.807) is 13.8 Å². The maximum atomic E-state index is 11.1. The summed E-state index contributed by atoms with van der Waals surface area (Å²) in [5, 5.41) is 20.9. The number of nitrogens with one attached hydrogen (secondary N) is 1. The fourth-order valence-corrected chi connectivity index (χ4v) is 0.770. The van der Waals surface area contributed by atoms with E-state index in [0.717, 1.165) is 0 Å². The minimum atomic E-state index is -0.982. The Bertz CT molecular complexity index is 159. The predicted octanol–water partition coefficient (Wildman–Crippen LogP) is -0.110. The van der Waals surface area contributed by atoms with Crippen molar-refractivity contribution in [3.63, 3.8) is 0 Å². The molecule has 1 amide bonds. The highest BCUT2D eigenvalue weighted by atomic mass is 16.3. The van der Waals surface area contributed by atoms with E-state index in [0.29, 0.717) is 6.42 Å². The Labute approximate surface area is 79.0 Å². The fourth-order valence-electron chi connectivity index (χ4n) is 0.770. The first-order valence-electron chi connectivity index (χ1n) is 4.62. The van der Waals surface area contributed by atoms with Crippen molar-refractivity contribution in [3.05, 3.63) is 0 Å². The van der Waals surface area contributed by atoms with Gasteiger partial charge >= 0.3 is 0 Å². The Morgan fingerprint density at radius 2 is 1.92 bits per heavy atom. The van der Waals surface area contributed by atoms with Crippen LogP contribution in [0.1, 0.15) is 27.2 Å². The molecule has 0 unspecified atom stereocenters. The van der Waals surface area contributed by atoms with E-state index in [4.69, 9.17) is 5.11 Å². The van der Waals surface area contributed by atoms with Gasteiger partial charge < -0.3 is 15.5 Å². The Morgan fingerprint density at radius 1 is 1.38 bits per heavy atom. The summed E-state index contributed by atoms with van der Waals surface area (Å²) in [6, 6.07) is 0. The van der Waals surface area contributed by atoms with Crippen LogP contribution in [0.5, 0.6) is 0 Å². The predicted molar refractivity (Wildman–Crippen MR) is 50.2 cm³/mol. The normalized spacial score (nSPS) is 15.5. The van der Waals surface area contributed by atoms with Crippen LogP contribution in [0.15, 0.2) is 0 Å². The molecule has 0 heterocycles. The average molecular weight is 189 g/mol. The largest absolute Gasteiger partial charge is 0.391 e. The number of carbonyl (C=O) groups excluding carboxylic acids is 1. The minimum Gasteiger partial charge on any atom is -0.391 e. The molecule has 0 fully saturated rings. The van der Waals surface area contributed by atoms with E-state index in [-0.39, 0.29) is 12.5 Å². The van der Waals surface area contributed by atoms with Crippen molar-refractivity contribution in [1.29, 1.82) is 0 Å². The molecule has 4 heteroatoms. The van der Waals surface area contributed by atoms with Gasteiger partial charge in [0, 0.05) is 6.54 Å². The first-order chi connectivity index (χ1) is 5.99. The molecule has 0 aliphatic heterocycles. The van der Waals surface area contributed by atoms with Crippen LogP contribution in [0.2, 0.25) is 0 Å². The van der Waals surface area contributed by atoms with E-state index in [1.165, 1.54) is 0 Å². The van der Waals surface area contributed by atoms with E-state index >= 15 is 0 Å². The van der Waals surface area contributed by atoms with Gasteiger partial charge in [0.25, 0.3) is 0 Å². The van der Waals surface area contributed by atoms with Crippen molar-refractivity contribution in [2.75, 3.05) is 6.54 Å². The van der Waals surface area contributed by atoms with E-state index < -0.39 is 18.1 Å². The standard InChI is InChI=1S/C9H19NO3/c1-4-7(11)5-10-9(13)8(12)6(2)3/h6-8,11-12H,4-5H2,1-3H3,(H,10,13)/t7-,8+/m1/s1. The van der Waals surface area contributed by atoms with Crippen LogP contribution in [0.25, 0.3) is 0 Å². The molecule has 0 aromatic heterocycles. The Kier molecular flexibility index (Phi) is 5.66. The van der Waals surface area contributed by atoms with Crippen molar-refractivity contribution in [3.8, 4) is 0 Å². The minimum absolute atomic E-state index is 0.0984. The van der Waals surface area contributed by atoms with E-state index in [1.807, 2.05) is 6.92 Å². The summed E-state index contributed by atoms with van der Waals surface area (Å²) in [5.74, 6) is -0.513. The van der Waals surface area contributed by atoms with Gasteiger partial charge in [-0.25, -0.2) is 0 Å². The number of rotatable bonds is 5. The van der Waals surface area contributed by atoms with Gasteiger partial charge in [0.05, 0.1) is 6.10 Å². The van der Waals surface area contributed by atoms with E-state index in [9.17, 15) is 9.90 Å². The summed E-state index contributed by atoms with van der Waals surface area (Å²) in [5.41, 5.74) is 0. The zero-order valence-corrected chi connectivity index (χ0v) is 8.45. The molecule has 78 valence electrons. The summed E-state index contributed by atoms with van der Waals surface area (Å²) in [4.78, 5) is 11.1. The first kappa shape index (κ1) is 12.4. The summed E-state index contributed by atoms with van der Waals surface area (Å²) in [6.45, 7) is 5.57.